The third kappa shape index (κ3) is 4.24. The fraction of sp³-hybridized carbons (Fsp3) is 0.217. The summed E-state index contributed by atoms with van der Waals surface area (Å²) in [6.07, 6.45) is 4.46. The monoisotopic (exact) mass is 428 g/mol. The first-order chi connectivity index (χ1) is 14.2. The van der Waals surface area contributed by atoms with Crippen LogP contribution in [0.5, 0.6) is 0 Å². The number of hydrogen-bond acceptors (Lipinski definition) is 3. The van der Waals surface area contributed by atoms with Crippen LogP contribution in [-0.4, -0.2) is 28.9 Å². The van der Waals surface area contributed by atoms with Gasteiger partial charge < -0.3 is 15.3 Å². The minimum absolute atomic E-state index is 0.00408. The van der Waals surface area contributed by atoms with Crippen LogP contribution in [0, 0.1) is 18.7 Å². The Balaban J connectivity index is 2.00. The smallest absolute Gasteiger partial charge is 0.335 e. The van der Waals surface area contributed by atoms with Crippen LogP contribution in [0.4, 0.5) is 10.1 Å². The zero-order valence-corrected chi connectivity index (χ0v) is 17.6. The Morgan fingerprint density at radius 3 is 2.63 bits per heavy atom. The summed E-state index contributed by atoms with van der Waals surface area (Å²) in [6.45, 7) is 3.80. The van der Waals surface area contributed by atoms with Gasteiger partial charge in [0.05, 0.1) is 27.5 Å². The maximum absolute atomic E-state index is 14.4. The number of carboxylic acid groups (broad SMARTS) is 1. The molecule has 1 atom stereocenters. The number of carbonyl (C=O) groups is 2. The molecule has 1 amide bonds. The van der Waals surface area contributed by atoms with Crippen molar-refractivity contribution in [3.8, 4) is 0 Å². The molecule has 1 aliphatic rings. The van der Waals surface area contributed by atoms with E-state index in [-0.39, 0.29) is 23.1 Å². The predicted octanol–water partition coefficient (Wildman–Crippen LogP) is 5.48. The number of nitrogens with zero attached hydrogens (tertiary/aromatic N) is 1. The van der Waals surface area contributed by atoms with Gasteiger partial charge in [-0.25, -0.2) is 9.18 Å². The molecule has 0 spiro atoms. The number of benzene rings is 2. The molecule has 156 valence electrons. The summed E-state index contributed by atoms with van der Waals surface area (Å²) in [5, 5.41) is 12.4. The maximum Gasteiger partial charge on any atom is 0.335 e. The number of nitrogens with one attached hydrogen (secondary N) is 1. The molecule has 1 aliphatic carbocycles. The Kier molecular flexibility index (Phi) is 6.27. The minimum atomic E-state index is -1.20. The van der Waals surface area contributed by atoms with E-state index >= 15 is 0 Å². The van der Waals surface area contributed by atoms with Gasteiger partial charge in [-0.1, -0.05) is 36.7 Å². The summed E-state index contributed by atoms with van der Waals surface area (Å²) in [6, 6.07) is 8.94. The molecule has 0 saturated heterocycles. The molecule has 2 aromatic carbocycles. The Bertz CT molecular complexity index is 1060. The zero-order valence-electron chi connectivity index (χ0n) is 16.9. The molecule has 2 aromatic rings. The number of rotatable bonds is 5. The van der Waals surface area contributed by atoms with Gasteiger partial charge in [0.2, 0.25) is 0 Å². The highest BCUT2D eigenvalue weighted by Crippen LogP contribution is 2.31. The Morgan fingerprint density at radius 2 is 2.00 bits per heavy atom. The Labute approximate surface area is 179 Å². The highest BCUT2D eigenvalue weighted by atomic mass is 35.5. The number of aromatic carboxylic acids is 1. The molecule has 30 heavy (non-hydrogen) atoms. The first-order valence-corrected chi connectivity index (χ1v) is 9.82. The van der Waals surface area contributed by atoms with Crippen LogP contribution >= 0.6 is 11.6 Å². The van der Waals surface area contributed by atoms with Crippen molar-refractivity contribution in [1.82, 2.24) is 4.90 Å². The van der Waals surface area contributed by atoms with E-state index in [1.165, 1.54) is 17.0 Å². The largest absolute Gasteiger partial charge is 0.478 e. The number of anilines is 1. The van der Waals surface area contributed by atoms with E-state index < -0.39 is 11.8 Å². The van der Waals surface area contributed by atoms with Crippen LogP contribution in [0.2, 0.25) is 5.02 Å². The summed E-state index contributed by atoms with van der Waals surface area (Å²) < 4.78 is 14.4. The quantitative estimate of drug-likeness (QED) is 0.661. The van der Waals surface area contributed by atoms with E-state index in [4.69, 9.17) is 16.7 Å². The lowest BCUT2D eigenvalue weighted by atomic mass is 9.94. The van der Waals surface area contributed by atoms with Crippen molar-refractivity contribution in [2.75, 3.05) is 12.4 Å². The summed E-state index contributed by atoms with van der Waals surface area (Å²) >= 11 is 6.28. The van der Waals surface area contributed by atoms with E-state index in [9.17, 15) is 14.0 Å². The number of hydrogen-bond donors (Lipinski definition) is 2. The van der Waals surface area contributed by atoms with Gasteiger partial charge in [-0.2, -0.15) is 0 Å². The van der Waals surface area contributed by atoms with Crippen LogP contribution < -0.4 is 5.32 Å². The number of aryl methyl sites for hydroxylation is 1. The first kappa shape index (κ1) is 21.6. The van der Waals surface area contributed by atoms with Gasteiger partial charge in [-0.3, -0.25) is 4.79 Å². The van der Waals surface area contributed by atoms with Gasteiger partial charge in [0, 0.05) is 18.7 Å². The number of allylic oxidation sites excluding steroid dienone is 3. The van der Waals surface area contributed by atoms with E-state index in [0.29, 0.717) is 22.0 Å². The van der Waals surface area contributed by atoms with E-state index in [0.717, 1.165) is 18.1 Å². The fourth-order valence-electron chi connectivity index (χ4n) is 3.54. The molecule has 0 aliphatic heterocycles. The zero-order chi connectivity index (χ0) is 22.0. The van der Waals surface area contributed by atoms with Gasteiger partial charge in [0.1, 0.15) is 5.82 Å². The molecular weight excluding hydrogens is 407 g/mol. The van der Waals surface area contributed by atoms with Crippen LogP contribution in [0.3, 0.4) is 0 Å². The normalized spacial score (nSPS) is 15.8. The molecule has 0 aromatic heterocycles. The maximum atomic E-state index is 14.4. The summed E-state index contributed by atoms with van der Waals surface area (Å²) in [5.41, 5.74) is 2.44. The second kappa shape index (κ2) is 8.71. The summed E-state index contributed by atoms with van der Waals surface area (Å²) in [5.74, 6) is -2.15. The van der Waals surface area contributed by atoms with Crippen LogP contribution in [0.15, 0.2) is 59.9 Å². The van der Waals surface area contributed by atoms with Gasteiger partial charge in [0.15, 0.2) is 0 Å². The summed E-state index contributed by atoms with van der Waals surface area (Å²) in [4.78, 5) is 25.8. The average molecular weight is 429 g/mol. The second-order valence-electron chi connectivity index (χ2n) is 7.26. The van der Waals surface area contributed by atoms with Gasteiger partial charge in [-0.05, 0) is 49.2 Å². The Hall–Kier alpha value is -3.12. The summed E-state index contributed by atoms with van der Waals surface area (Å²) in [7, 11) is 1.67. The van der Waals surface area contributed by atoms with E-state index in [1.54, 1.807) is 25.3 Å². The molecule has 5 nitrogen and oxygen atoms in total. The molecule has 0 fully saturated rings. The fourth-order valence-corrected chi connectivity index (χ4v) is 3.85. The molecule has 1 unspecified atom stereocenters. The topological polar surface area (TPSA) is 69.6 Å². The van der Waals surface area contributed by atoms with Crippen molar-refractivity contribution in [2.24, 2.45) is 5.92 Å². The molecule has 0 saturated carbocycles. The van der Waals surface area contributed by atoms with Crippen molar-refractivity contribution < 1.29 is 19.1 Å². The second-order valence-corrected chi connectivity index (χ2v) is 7.67. The van der Waals surface area contributed by atoms with Crippen molar-refractivity contribution in [3.63, 3.8) is 0 Å². The van der Waals surface area contributed by atoms with Gasteiger partial charge >= 0.3 is 5.97 Å². The van der Waals surface area contributed by atoms with Crippen molar-refractivity contribution in [1.29, 1.82) is 0 Å². The highest BCUT2D eigenvalue weighted by Gasteiger charge is 2.27. The van der Waals surface area contributed by atoms with E-state index in [2.05, 4.69) is 5.32 Å². The lowest BCUT2D eigenvalue weighted by Gasteiger charge is -2.31. The Morgan fingerprint density at radius 1 is 1.27 bits per heavy atom. The standard InChI is InChI=1S/C23H22ClFN2O3/c1-13-6-4-8-16(24)20(13)22(28)27(3)21-14(2)7-5-9-19(21)26-18-11-10-15(23(29)30)12-17(18)25/h4-6,8-12,14,26H,7H2,1-3H3,(H,29,30). The van der Waals surface area contributed by atoms with Crippen molar-refractivity contribution >= 4 is 29.2 Å². The van der Waals surface area contributed by atoms with Gasteiger partial charge in [-0.15, -0.1) is 0 Å². The number of halogens is 2. The van der Waals surface area contributed by atoms with Crippen molar-refractivity contribution in [2.45, 2.75) is 20.3 Å². The highest BCUT2D eigenvalue weighted by molar-refractivity contribution is 6.34. The lowest BCUT2D eigenvalue weighted by Crippen LogP contribution is -2.33. The predicted molar refractivity (Wildman–Crippen MR) is 115 cm³/mol. The lowest BCUT2D eigenvalue weighted by molar-refractivity contribution is 0.0695. The number of carbonyl (C=O) groups excluding carboxylic acids is 1. The molecule has 0 heterocycles. The third-order valence-electron chi connectivity index (χ3n) is 5.10. The number of amides is 1. The first-order valence-electron chi connectivity index (χ1n) is 9.44. The molecule has 0 bridgehead atoms. The number of carboxylic acids is 1. The minimum Gasteiger partial charge on any atom is -0.478 e. The molecule has 2 N–H and O–H groups in total. The van der Waals surface area contributed by atoms with Gasteiger partial charge in [0.25, 0.3) is 5.91 Å². The third-order valence-corrected chi connectivity index (χ3v) is 5.42. The average Bonchev–Trinajstić information content (AvgIpc) is 2.68. The van der Waals surface area contributed by atoms with Crippen LogP contribution in [-0.2, 0) is 0 Å². The molecule has 3 rings (SSSR count). The molecular formula is C23H22ClFN2O3. The van der Waals surface area contributed by atoms with Crippen LogP contribution in [0.25, 0.3) is 0 Å². The SMILES string of the molecule is Cc1cccc(Cl)c1C(=O)N(C)C1=C(Nc2ccc(C(=O)O)cc2F)C=CCC1C. The molecule has 0 radical (unpaired) electrons. The molecule has 7 heteroatoms. The van der Waals surface area contributed by atoms with Crippen LogP contribution in [0.1, 0.15) is 39.6 Å². The van der Waals surface area contributed by atoms with E-state index in [1.807, 2.05) is 26.0 Å². The van der Waals surface area contributed by atoms with Crippen molar-refractivity contribution in [3.05, 3.63) is 87.5 Å².